The number of nitrogens with zero attached hydrogens (tertiary/aromatic N) is 2. The molecule has 21 heavy (non-hydrogen) atoms. The molecule has 1 aromatic rings. The van der Waals surface area contributed by atoms with E-state index in [0.29, 0.717) is 30.5 Å². The first kappa shape index (κ1) is 15.5. The summed E-state index contributed by atoms with van der Waals surface area (Å²) in [5, 5.41) is 15.1. The monoisotopic (exact) mass is 295 g/mol. The van der Waals surface area contributed by atoms with Crippen molar-refractivity contribution >= 4 is 17.7 Å². The van der Waals surface area contributed by atoms with Gasteiger partial charge in [0.1, 0.15) is 5.76 Å². The maximum Gasteiger partial charge on any atom is 0.303 e. The molecule has 0 radical (unpaired) electrons. The topological polar surface area (TPSA) is 95.7 Å². The van der Waals surface area contributed by atoms with Crippen LogP contribution in [-0.2, 0) is 9.59 Å². The predicted octanol–water partition coefficient (Wildman–Crippen LogP) is 1.50. The number of hydrogen-bond donors (Lipinski definition) is 2. The maximum absolute atomic E-state index is 11.8. The fourth-order valence-corrected chi connectivity index (χ4v) is 2.57. The third-order valence-electron chi connectivity index (χ3n) is 3.69. The van der Waals surface area contributed by atoms with E-state index in [9.17, 15) is 9.59 Å². The summed E-state index contributed by atoms with van der Waals surface area (Å²) in [4.78, 5) is 24.5. The number of amides is 1. The number of aliphatic carboxylic acids is 1. The molecule has 0 spiro atoms. The van der Waals surface area contributed by atoms with Gasteiger partial charge in [-0.05, 0) is 32.2 Å². The number of carboxylic acids is 1. The van der Waals surface area contributed by atoms with E-state index in [4.69, 9.17) is 9.63 Å². The molecule has 0 aliphatic carbocycles. The van der Waals surface area contributed by atoms with E-state index in [1.807, 2.05) is 0 Å². The fraction of sp³-hybridized carbons (Fsp3) is 0.643. The van der Waals surface area contributed by atoms with Gasteiger partial charge in [0.15, 0.2) is 5.82 Å². The van der Waals surface area contributed by atoms with Crippen LogP contribution in [0.1, 0.15) is 31.4 Å². The second kappa shape index (κ2) is 7.21. The Hall–Kier alpha value is -1.89. The molecule has 1 fully saturated rings. The quantitative estimate of drug-likeness (QED) is 0.791. The second-order valence-electron chi connectivity index (χ2n) is 5.51. The van der Waals surface area contributed by atoms with Crippen molar-refractivity contribution in [2.24, 2.45) is 5.92 Å². The highest BCUT2D eigenvalue weighted by molar-refractivity contribution is 5.89. The van der Waals surface area contributed by atoms with Gasteiger partial charge in [0.25, 0.3) is 0 Å². The first-order chi connectivity index (χ1) is 10.0. The normalized spacial score (nSPS) is 18.8. The number of carbonyl (C=O) groups excluding carboxylic acids is 1. The Morgan fingerprint density at radius 1 is 1.52 bits per heavy atom. The Morgan fingerprint density at radius 3 is 3.00 bits per heavy atom. The number of rotatable bonds is 7. The van der Waals surface area contributed by atoms with Crippen molar-refractivity contribution in [2.45, 2.75) is 32.6 Å². The van der Waals surface area contributed by atoms with Crippen LogP contribution in [0.2, 0.25) is 0 Å². The minimum atomic E-state index is -0.740. The predicted molar refractivity (Wildman–Crippen MR) is 75.9 cm³/mol. The van der Waals surface area contributed by atoms with Crippen LogP contribution in [0.3, 0.4) is 0 Å². The van der Waals surface area contributed by atoms with Gasteiger partial charge in [-0.25, -0.2) is 0 Å². The van der Waals surface area contributed by atoms with Gasteiger partial charge in [-0.15, -0.1) is 0 Å². The number of aryl methyl sites for hydroxylation is 1. The van der Waals surface area contributed by atoms with Crippen LogP contribution in [0.4, 0.5) is 5.82 Å². The molecule has 1 saturated heterocycles. The van der Waals surface area contributed by atoms with Crippen LogP contribution in [0, 0.1) is 12.8 Å². The Labute approximate surface area is 123 Å². The Kier molecular flexibility index (Phi) is 5.32. The number of carboxylic acid groups (broad SMARTS) is 1. The van der Waals surface area contributed by atoms with Gasteiger partial charge in [-0.3, -0.25) is 9.59 Å². The first-order valence-corrected chi connectivity index (χ1v) is 7.20. The molecule has 1 aliphatic heterocycles. The summed E-state index contributed by atoms with van der Waals surface area (Å²) >= 11 is 0. The van der Waals surface area contributed by atoms with Crippen LogP contribution in [0.5, 0.6) is 0 Å². The average Bonchev–Trinajstić information content (AvgIpc) is 3.03. The van der Waals surface area contributed by atoms with Crippen LogP contribution in [0.25, 0.3) is 0 Å². The van der Waals surface area contributed by atoms with Gasteiger partial charge in [-0.1, -0.05) is 5.16 Å². The lowest BCUT2D eigenvalue weighted by molar-refractivity contribution is -0.137. The number of carbonyl (C=O) groups is 2. The van der Waals surface area contributed by atoms with Crippen molar-refractivity contribution in [3.63, 3.8) is 0 Å². The molecule has 2 N–H and O–H groups in total. The molecule has 1 unspecified atom stereocenters. The van der Waals surface area contributed by atoms with Crippen molar-refractivity contribution in [1.82, 2.24) is 10.1 Å². The molecule has 2 rings (SSSR count). The molecule has 0 bridgehead atoms. The van der Waals surface area contributed by atoms with Gasteiger partial charge >= 0.3 is 5.97 Å². The van der Waals surface area contributed by atoms with Crippen molar-refractivity contribution in [2.75, 3.05) is 25.0 Å². The van der Waals surface area contributed by atoms with Gasteiger partial charge in [0, 0.05) is 32.0 Å². The van der Waals surface area contributed by atoms with Crippen LogP contribution < -0.4 is 5.32 Å². The van der Waals surface area contributed by atoms with Gasteiger partial charge < -0.3 is 19.8 Å². The molecular formula is C14H21N3O4. The van der Waals surface area contributed by atoms with Gasteiger partial charge in [0.05, 0.1) is 0 Å². The Morgan fingerprint density at radius 2 is 2.33 bits per heavy atom. The average molecular weight is 295 g/mol. The zero-order chi connectivity index (χ0) is 15.2. The molecule has 0 saturated carbocycles. The van der Waals surface area contributed by atoms with Crippen molar-refractivity contribution < 1.29 is 19.2 Å². The Balaban J connectivity index is 1.64. The lowest BCUT2D eigenvalue weighted by atomic mass is 10.0. The molecule has 116 valence electrons. The highest BCUT2D eigenvalue weighted by Gasteiger charge is 2.23. The van der Waals surface area contributed by atoms with Crippen molar-refractivity contribution in [3.8, 4) is 0 Å². The molecule has 1 atom stereocenters. The molecular weight excluding hydrogens is 274 g/mol. The highest BCUT2D eigenvalue weighted by Crippen LogP contribution is 2.21. The van der Waals surface area contributed by atoms with Gasteiger partial charge in [0.2, 0.25) is 5.91 Å². The minimum absolute atomic E-state index is 0.0858. The summed E-state index contributed by atoms with van der Waals surface area (Å²) in [7, 11) is 0. The van der Waals surface area contributed by atoms with E-state index in [0.717, 1.165) is 25.9 Å². The summed E-state index contributed by atoms with van der Waals surface area (Å²) in [6, 6.07) is 1.68. The first-order valence-electron chi connectivity index (χ1n) is 7.20. The SMILES string of the molecule is Cc1cc(NC(=O)CCN2CCC(CCC(=O)O)C2)no1. The summed E-state index contributed by atoms with van der Waals surface area (Å²) in [6.45, 7) is 4.26. The molecule has 7 nitrogen and oxygen atoms in total. The lowest BCUT2D eigenvalue weighted by Crippen LogP contribution is -2.26. The van der Waals surface area contributed by atoms with E-state index in [1.165, 1.54) is 0 Å². The number of anilines is 1. The van der Waals surface area contributed by atoms with Crippen molar-refractivity contribution in [3.05, 3.63) is 11.8 Å². The summed E-state index contributed by atoms with van der Waals surface area (Å²) in [5.74, 6) is 0.708. The third-order valence-corrected chi connectivity index (χ3v) is 3.69. The molecule has 7 heteroatoms. The van der Waals surface area contributed by atoms with E-state index in [2.05, 4.69) is 15.4 Å². The van der Waals surface area contributed by atoms with E-state index < -0.39 is 5.97 Å². The molecule has 1 aliphatic rings. The van der Waals surface area contributed by atoms with E-state index in [1.54, 1.807) is 13.0 Å². The van der Waals surface area contributed by atoms with E-state index >= 15 is 0 Å². The highest BCUT2D eigenvalue weighted by atomic mass is 16.5. The molecule has 0 aromatic carbocycles. The third kappa shape index (κ3) is 5.18. The molecule has 1 amide bonds. The summed E-state index contributed by atoms with van der Waals surface area (Å²) in [5.41, 5.74) is 0. The zero-order valence-corrected chi connectivity index (χ0v) is 12.2. The zero-order valence-electron chi connectivity index (χ0n) is 12.2. The van der Waals surface area contributed by atoms with Crippen LogP contribution in [0.15, 0.2) is 10.6 Å². The molecule has 1 aromatic heterocycles. The number of aromatic nitrogens is 1. The van der Waals surface area contributed by atoms with Crippen LogP contribution in [-0.4, -0.2) is 46.7 Å². The largest absolute Gasteiger partial charge is 0.481 e. The smallest absolute Gasteiger partial charge is 0.303 e. The fourth-order valence-electron chi connectivity index (χ4n) is 2.57. The summed E-state index contributed by atoms with van der Waals surface area (Å²) in [6.07, 6.45) is 2.36. The molecule has 2 heterocycles. The standard InChI is InChI=1S/C14H21N3O4/c1-10-8-12(16-21-10)15-13(18)5-7-17-6-4-11(9-17)2-3-14(19)20/h8,11H,2-7,9H2,1H3,(H,19,20)(H,15,16,18). The van der Waals surface area contributed by atoms with Crippen molar-refractivity contribution in [1.29, 1.82) is 0 Å². The van der Waals surface area contributed by atoms with E-state index in [-0.39, 0.29) is 12.3 Å². The Bertz CT molecular complexity index is 500. The second-order valence-corrected chi connectivity index (χ2v) is 5.51. The van der Waals surface area contributed by atoms with Crippen LogP contribution >= 0.6 is 0 Å². The number of hydrogen-bond acceptors (Lipinski definition) is 5. The lowest BCUT2D eigenvalue weighted by Gasteiger charge is -2.15. The summed E-state index contributed by atoms with van der Waals surface area (Å²) < 4.78 is 4.88. The van der Waals surface area contributed by atoms with Gasteiger partial charge in [-0.2, -0.15) is 0 Å². The minimum Gasteiger partial charge on any atom is -0.481 e. The number of nitrogens with one attached hydrogen (secondary N) is 1. The maximum atomic E-state index is 11.8. The number of likely N-dealkylation sites (tertiary alicyclic amines) is 1.